The highest BCUT2D eigenvalue weighted by atomic mass is 19.4. The molecule has 0 saturated carbocycles. The van der Waals surface area contributed by atoms with Crippen molar-refractivity contribution in [3.8, 4) is 0 Å². The molecule has 0 fully saturated rings. The fraction of sp³-hybridized carbons (Fsp3) is 0.250. The summed E-state index contributed by atoms with van der Waals surface area (Å²) in [6.07, 6.45) is -4.48. The summed E-state index contributed by atoms with van der Waals surface area (Å²) in [4.78, 5) is 0. The lowest BCUT2D eigenvalue weighted by molar-refractivity contribution is -0.138. The van der Waals surface area contributed by atoms with Crippen LogP contribution in [0, 0.1) is 12.7 Å². The van der Waals surface area contributed by atoms with Crippen LogP contribution in [0.5, 0.6) is 0 Å². The van der Waals surface area contributed by atoms with Gasteiger partial charge in [-0.3, -0.25) is 0 Å². The Labute approximate surface area is 120 Å². The Hall–Kier alpha value is -1.88. The molecule has 1 nitrogen and oxygen atoms in total. The zero-order valence-corrected chi connectivity index (χ0v) is 11.6. The third-order valence-electron chi connectivity index (χ3n) is 3.33. The lowest BCUT2D eigenvalue weighted by Gasteiger charge is -2.22. The van der Waals surface area contributed by atoms with Crippen LogP contribution in [0.25, 0.3) is 0 Å². The molecule has 1 atom stereocenters. The molecule has 2 aromatic rings. The summed E-state index contributed by atoms with van der Waals surface area (Å²) in [7, 11) is 1.51. The van der Waals surface area contributed by atoms with Crippen molar-refractivity contribution >= 4 is 0 Å². The Morgan fingerprint density at radius 1 is 1.00 bits per heavy atom. The minimum atomic E-state index is -4.48. The molecule has 0 heterocycles. The summed E-state index contributed by atoms with van der Waals surface area (Å²) in [5, 5.41) is 2.78. The van der Waals surface area contributed by atoms with Gasteiger partial charge in [-0.15, -0.1) is 0 Å². The third-order valence-corrected chi connectivity index (χ3v) is 3.33. The minimum absolute atomic E-state index is 0.0111. The first-order valence-electron chi connectivity index (χ1n) is 6.44. The van der Waals surface area contributed by atoms with Crippen LogP contribution >= 0.6 is 0 Å². The van der Waals surface area contributed by atoms with E-state index in [4.69, 9.17) is 0 Å². The molecule has 0 radical (unpaired) electrons. The lowest BCUT2D eigenvalue weighted by Crippen LogP contribution is -2.23. The first-order valence-corrected chi connectivity index (χ1v) is 6.44. The smallest absolute Gasteiger partial charge is 0.309 e. The second kappa shape index (κ2) is 5.85. The number of rotatable bonds is 3. The molecule has 0 aliphatic heterocycles. The highest BCUT2D eigenvalue weighted by Crippen LogP contribution is 2.37. The number of halogens is 4. The van der Waals surface area contributed by atoms with Crippen molar-refractivity contribution in [2.24, 2.45) is 0 Å². The molecule has 1 N–H and O–H groups in total. The highest BCUT2D eigenvalue weighted by molar-refractivity contribution is 5.40. The van der Waals surface area contributed by atoms with Gasteiger partial charge in [-0.2, -0.15) is 13.2 Å². The van der Waals surface area contributed by atoms with Crippen LogP contribution in [-0.4, -0.2) is 7.05 Å². The molecule has 21 heavy (non-hydrogen) atoms. The highest BCUT2D eigenvalue weighted by Gasteiger charge is 2.35. The zero-order valence-electron chi connectivity index (χ0n) is 11.6. The van der Waals surface area contributed by atoms with Crippen LogP contribution in [0.1, 0.15) is 28.3 Å². The van der Waals surface area contributed by atoms with Crippen molar-refractivity contribution in [2.75, 3.05) is 7.05 Å². The van der Waals surface area contributed by atoms with Gasteiger partial charge in [0.1, 0.15) is 5.82 Å². The average molecular weight is 297 g/mol. The second-order valence-corrected chi connectivity index (χ2v) is 4.83. The maximum Gasteiger partial charge on any atom is 0.416 e. The molecule has 2 aromatic carbocycles. The summed E-state index contributed by atoms with van der Waals surface area (Å²) in [6, 6.07) is 8.77. The topological polar surface area (TPSA) is 12.0 Å². The van der Waals surface area contributed by atoms with E-state index in [1.807, 2.05) is 0 Å². The largest absolute Gasteiger partial charge is 0.416 e. The van der Waals surface area contributed by atoms with Gasteiger partial charge in [0, 0.05) is 5.56 Å². The van der Waals surface area contributed by atoms with Crippen molar-refractivity contribution in [3.63, 3.8) is 0 Å². The summed E-state index contributed by atoms with van der Waals surface area (Å²) >= 11 is 0. The Morgan fingerprint density at radius 3 is 2.29 bits per heavy atom. The molecular formula is C16H15F4N. The van der Waals surface area contributed by atoms with Gasteiger partial charge in [0.25, 0.3) is 0 Å². The summed E-state index contributed by atoms with van der Waals surface area (Å²) in [5.41, 5.74) is 0.243. The van der Waals surface area contributed by atoms with Crippen molar-refractivity contribution in [1.29, 1.82) is 0 Å². The van der Waals surface area contributed by atoms with Gasteiger partial charge < -0.3 is 5.32 Å². The first-order chi connectivity index (χ1) is 9.84. The van der Waals surface area contributed by atoms with Crippen molar-refractivity contribution in [3.05, 3.63) is 70.5 Å². The van der Waals surface area contributed by atoms with Crippen molar-refractivity contribution < 1.29 is 17.6 Å². The van der Waals surface area contributed by atoms with Crippen LogP contribution in [0.15, 0.2) is 42.5 Å². The minimum Gasteiger partial charge on any atom is -0.309 e. The van der Waals surface area contributed by atoms with Crippen LogP contribution in [0.2, 0.25) is 0 Å². The molecule has 1 unspecified atom stereocenters. The molecule has 0 aliphatic rings. The van der Waals surface area contributed by atoms with Gasteiger partial charge in [-0.05, 0) is 31.7 Å². The fourth-order valence-electron chi connectivity index (χ4n) is 2.37. The van der Waals surface area contributed by atoms with E-state index in [1.54, 1.807) is 19.1 Å². The van der Waals surface area contributed by atoms with E-state index >= 15 is 0 Å². The van der Waals surface area contributed by atoms with Crippen LogP contribution in [-0.2, 0) is 6.18 Å². The maximum atomic E-state index is 14.0. The molecule has 0 amide bonds. The Kier molecular flexibility index (Phi) is 4.32. The van der Waals surface area contributed by atoms with Gasteiger partial charge in [-0.25, -0.2) is 4.39 Å². The summed E-state index contributed by atoms with van der Waals surface area (Å²) in [5.74, 6) is -0.531. The summed E-state index contributed by atoms with van der Waals surface area (Å²) < 4.78 is 53.4. The SMILES string of the molecule is CNC(c1cc(C)ccc1F)c1ccccc1C(F)(F)F. The number of alkyl halides is 3. The Bertz CT molecular complexity index is 634. The zero-order chi connectivity index (χ0) is 15.6. The summed E-state index contributed by atoms with van der Waals surface area (Å²) in [6.45, 7) is 1.77. The van der Waals surface area contributed by atoms with Gasteiger partial charge in [0.15, 0.2) is 0 Å². The van der Waals surface area contributed by atoms with Gasteiger partial charge in [-0.1, -0.05) is 35.9 Å². The Balaban J connectivity index is 2.60. The lowest BCUT2D eigenvalue weighted by atomic mass is 9.93. The van der Waals surface area contributed by atoms with Crippen molar-refractivity contribution in [1.82, 2.24) is 5.32 Å². The van der Waals surface area contributed by atoms with Crippen LogP contribution in [0.3, 0.4) is 0 Å². The number of hydrogen-bond donors (Lipinski definition) is 1. The van der Waals surface area contributed by atoms with E-state index in [9.17, 15) is 17.6 Å². The average Bonchev–Trinajstić information content (AvgIpc) is 2.43. The second-order valence-electron chi connectivity index (χ2n) is 4.83. The number of aryl methyl sites for hydroxylation is 1. The van der Waals surface area contributed by atoms with Gasteiger partial charge in [0.2, 0.25) is 0 Å². The molecule has 2 rings (SSSR count). The Morgan fingerprint density at radius 2 is 1.67 bits per heavy atom. The first kappa shape index (κ1) is 15.5. The molecule has 0 saturated heterocycles. The molecule has 0 bridgehead atoms. The molecule has 0 aromatic heterocycles. The van der Waals surface area contributed by atoms with Crippen LogP contribution in [0.4, 0.5) is 17.6 Å². The van der Waals surface area contributed by atoms with Crippen molar-refractivity contribution in [2.45, 2.75) is 19.1 Å². The third kappa shape index (κ3) is 3.24. The number of nitrogens with one attached hydrogen (secondary N) is 1. The maximum absolute atomic E-state index is 14.0. The molecule has 112 valence electrons. The van der Waals surface area contributed by atoms with Crippen LogP contribution < -0.4 is 5.32 Å². The molecular weight excluding hydrogens is 282 g/mol. The van der Waals surface area contributed by atoms with Gasteiger partial charge >= 0.3 is 6.18 Å². The number of benzene rings is 2. The quantitative estimate of drug-likeness (QED) is 0.825. The predicted octanol–water partition coefficient (Wildman–Crippen LogP) is 4.46. The monoisotopic (exact) mass is 297 g/mol. The predicted molar refractivity (Wildman–Crippen MR) is 73.5 cm³/mol. The van der Waals surface area contributed by atoms with E-state index in [1.165, 1.54) is 31.3 Å². The van der Waals surface area contributed by atoms with E-state index in [-0.39, 0.29) is 11.1 Å². The van der Waals surface area contributed by atoms with E-state index in [0.717, 1.165) is 11.6 Å². The normalized spacial score (nSPS) is 13.2. The van der Waals surface area contributed by atoms with E-state index < -0.39 is 23.6 Å². The number of hydrogen-bond acceptors (Lipinski definition) is 1. The molecule has 0 aliphatic carbocycles. The van der Waals surface area contributed by atoms with Gasteiger partial charge in [0.05, 0.1) is 11.6 Å². The van der Waals surface area contributed by atoms with E-state index in [0.29, 0.717) is 0 Å². The molecule has 5 heteroatoms. The fourth-order valence-corrected chi connectivity index (χ4v) is 2.37. The standard InChI is InChI=1S/C16H15F4N/c1-10-7-8-14(17)12(9-10)15(21-2)11-5-3-4-6-13(11)16(18,19)20/h3-9,15,21H,1-2H3. The van der Waals surface area contributed by atoms with E-state index in [2.05, 4.69) is 5.32 Å². The molecule has 0 spiro atoms.